The first-order chi connectivity index (χ1) is 10.1. The van der Waals surface area contributed by atoms with Crippen LogP contribution < -0.4 is 11.3 Å². The average molecular weight is 312 g/mol. The SMILES string of the molecule is Cc1cc(CC(C)CC(C)(C)C)n(O)c(=O)c1.NCCCO. The van der Waals surface area contributed by atoms with Gasteiger partial charge in [-0.2, -0.15) is 4.73 Å². The Morgan fingerprint density at radius 2 is 1.91 bits per heavy atom. The molecule has 22 heavy (non-hydrogen) atoms. The second-order valence-corrected chi connectivity index (χ2v) is 7.11. The summed E-state index contributed by atoms with van der Waals surface area (Å²) in [5, 5.41) is 17.7. The maximum Gasteiger partial charge on any atom is 0.283 e. The first kappa shape index (κ1) is 20.7. The van der Waals surface area contributed by atoms with E-state index in [9.17, 15) is 10.0 Å². The van der Waals surface area contributed by atoms with Gasteiger partial charge in [0.25, 0.3) is 5.56 Å². The summed E-state index contributed by atoms with van der Waals surface area (Å²) in [4.78, 5) is 11.4. The first-order valence-corrected chi connectivity index (χ1v) is 7.83. The molecule has 5 heteroatoms. The fourth-order valence-electron chi connectivity index (χ4n) is 2.47. The number of pyridine rings is 1. The Morgan fingerprint density at radius 3 is 2.32 bits per heavy atom. The van der Waals surface area contributed by atoms with Gasteiger partial charge in [-0.05, 0) is 55.7 Å². The average Bonchev–Trinajstić information content (AvgIpc) is 2.34. The van der Waals surface area contributed by atoms with Crippen molar-refractivity contribution in [3.8, 4) is 0 Å². The summed E-state index contributed by atoms with van der Waals surface area (Å²) in [5.74, 6) is 0.439. The standard InChI is InChI=1S/C14H23NO2.C3H9NO/c1-10-6-12(15(17)13(16)8-10)7-11(2)9-14(3,4)5;4-2-1-3-5/h6,8,11,17H,7,9H2,1-5H3;5H,1-4H2. The minimum absolute atomic E-state index is 0.219. The van der Waals surface area contributed by atoms with Gasteiger partial charge >= 0.3 is 0 Å². The number of nitrogens with two attached hydrogens (primary N) is 1. The molecule has 1 aromatic rings. The summed E-state index contributed by atoms with van der Waals surface area (Å²) in [5.41, 5.74) is 6.50. The van der Waals surface area contributed by atoms with Crippen LogP contribution in [0.3, 0.4) is 0 Å². The molecule has 1 aromatic heterocycles. The number of aliphatic hydroxyl groups excluding tert-OH is 1. The van der Waals surface area contributed by atoms with Gasteiger partial charge < -0.3 is 16.0 Å². The zero-order chi connectivity index (χ0) is 17.3. The van der Waals surface area contributed by atoms with Crippen LogP contribution in [-0.2, 0) is 6.42 Å². The second-order valence-electron chi connectivity index (χ2n) is 7.11. The predicted octanol–water partition coefficient (Wildman–Crippen LogP) is 2.34. The monoisotopic (exact) mass is 312 g/mol. The lowest BCUT2D eigenvalue weighted by Gasteiger charge is -2.23. The van der Waals surface area contributed by atoms with Crippen molar-refractivity contribution in [3.05, 3.63) is 33.7 Å². The third-order valence-electron chi connectivity index (χ3n) is 3.11. The third-order valence-corrected chi connectivity index (χ3v) is 3.11. The fraction of sp³-hybridized carbons (Fsp3) is 0.706. The molecule has 4 N–H and O–H groups in total. The summed E-state index contributed by atoms with van der Waals surface area (Å²) >= 11 is 0. The van der Waals surface area contributed by atoms with Crippen LogP contribution in [-0.4, -0.2) is 28.2 Å². The quantitative estimate of drug-likeness (QED) is 0.728. The molecule has 0 amide bonds. The highest BCUT2D eigenvalue weighted by atomic mass is 16.5. The van der Waals surface area contributed by atoms with E-state index in [0.717, 1.165) is 29.6 Å². The predicted molar refractivity (Wildman–Crippen MR) is 90.3 cm³/mol. The van der Waals surface area contributed by atoms with E-state index in [-0.39, 0.29) is 17.6 Å². The molecule has 0 aliphatic carbocycles. The second kappa shape index (κ2) is 9.64. The normalized spacial score (nSPS) is 12.5. The van der Waals surface area contributed by atoms with E-state index in [1.807, 2.05) is 13.0 Å². The van der Waals surface area contributed by atoms with Crippen LogP contribution in [0.2, 0.25) is 0 Å². The van der Waals surface area contributed by atoms with Gasteiger partial charge in [-0.15, -0.1) is 0 Å². The topological polar surface area (TPSA) is 88.5 Å². The van der Waals surface area contributed by atoms with E-state index in [1.54, 1.807) is 0 Å². The van der Waals surface area contributed by atoms with Crippen molar-refractivity contribution in [3.63, 3.8) is 0 Å². The van der Waals surface area contributed by atoms with Gasteiger partial charge in [0.1, 0.15) is 0 Å². The molecule has 0 saturated heterocycles. The van der Waals surface area contributed by atoms with Crippen molar-refractivity contribution in [2.24, 2.45) is 17.1 Å². The summed E-state index contributed by atoms with van der Waals surface area (Å²) < 4.78 is 0.770. The Balaban J connectivity index is 0.000000763. The molecule has 0 aromatic carbocycles. The van der Waals surface area contributed by atoms with Crippen LogP contribution in [0.25, 0.3) is 0 Å². The smallest absolute Gasteiger partial charge is 0.283 e. The van der Waals surface area contributed by atoms with Crippen LogP contribution in [0, 0.1) is 18.3 Å². The number of nitrogens with zero attached hydrogens (tertiary/aromatic N) is 1. The number of hydrogen-bond donors (Lipinski definition) is 3. The number of aryl methyl sites for hydroxylation is 1. The molecule has 0 spiro atoms. The Morgan fingerprint density at radius 1 is 1.32 bits per heavy atom. The van der Waals surface area contributed by atoms with Gasteiger partial charge in [0.2, 0.25) is 0 Å². The summed E-state index contributed by atoms with van der Waals surface area (Å²) in [7, 11) is 0. The maximum absolute atomic E-state index is 11.4. The number of aromatic nitrogens is 1. The van der Waals surface area contributed by atoms with E-state index in [1.165, 1.54) is 6.07 Å². The fourth-order valence-corrected chi connectivity index (χ4v) is 2.47. The molecule has 1 unspecified atom stereocenters. The van der Waals surface area contributed by atoms with Crippen LogP contribution in [0.4, 0.5) is 0 Å². The molecule has 128 valence electrons. The van der Waals surface area contributed by atoms with E-state index >= 15 is 0 Å². The molecule has 0 aliphatic heterocycles. The molecular formula is C17H32N2O3. The number of hydrogen-bond acceptors (Lipinski definition) is 4. The molecule has 0 saturated carbocycles. The van der Waals surface area contributed by atoms with Crippen LogP contribution >= 0.6 is 0 Å². The van der Waals surface area contributed by atoms with E-state index in [2.05, 4.69) is 27.7 Å². The summed E-state index contributed by atoms with van der Waals surface area (Å²) in [6, 6.07) is 3.32. The van der Waals surface area contributed by atoms with E-state index < -0.39 is 0 Å². The van der Waals surface area contributed by atoms with Gasteiger partial charge in [0.05, 0.1) is 5.69 Å². The van der Waals surface area contributed by atoms with Crippen LogP contribution in [0.5, 0.6) is 0 Å². The van der Waals surface area contributed by atoms with Gasteiger partial charge in [-0.3, -0.25) is 4.79 Å². The largest absolute Gasteiger partial charge is 0.425 e. The molecule has 1 rings (SSSR count). The van der Waals surface area contributed by atoms with E-state index in [0.29, 0.717) is 18.2 Å². The third kappa shape index (κ3) is 8.85. The molecular weight excluding hydrogens is 280 g/mol. The molecule has 1 atom stereocenters. The molecule has 0 fully saturated rings. The highest BCUT2D eigenvalue weighted by molar-refractivity contribution is 5.15. The van der Waals surface area contributed by atoms with Gasteiger partial charge in [0.15, 0.2) is 0 Å². The highest BCUT2D eigenvalue weighted by Gasteiger charge is 2.17. The minimum Gasteiger partial charge on any atom is -0.425 e. The summed E-state index contributed by atoms with van der Waals surface area (Å²) in [6.45, 7) is 11.4. The Labute approximate surface area is 133 Å². The van der Waals surface area contributed by atoms with Gasteiger partial charge in [-0.25, -0.2) is 0 Å². The van der Waals surface area contributed by atoms with Gasteiger partial charge in [0, 0.05) is 12.7 Å². The Bertz CT molecular complexity index is 488. The Hall–Kier alpha value is -1.33. The maximum atomic E-state index is 11.4. The lowest BCUT2D eigenvalue weighted by Crippen LogP contribution is -2.23. The highest BCUT2D eigenvalue weighted by Crippen LogP contribution is 2.26. The minimum atomic E-state index is -0.344. The van der Waals surface area contributed by atoms with Crippen molar-refractivity contribution >= 4 is 0 Å². The molecule has 1 heterocycles. The van der Waals surface area contributed by atoms with Crippen molar-refractivity contribution in [1.29, 1.82) is 0 Å². The van der Waals surface area contributed by atoms with Crippen LogP contribution in [0.1, 0.15) is 51.8 Å². The number of rotatable bonds is 5. The zero-order valence-corrected chi connectivity index (χ0v) is 14.6. The summed E-state index contributed by atoms with van der Waals surface area (Å²) in [6.07, 6.45) is 2.51. The van der Waals surface area contributed by atoms with Gasteiger partial charge in [-0.1, -0.05) is 27.7 Å². The van der Waals surface area contributed by atoms with Crippen molar-refractivity contribution < 1.29 is 10.3 Å². The van der Waals surface area contributed by atoms with Crippen molar-refractivity contribution in [1.82, 2.24) is 4.73 Å². The number of aliphatic hydroxyl groups is 1. The zero-order valence-electron chi connectivity index (χ0n) is 14.6. The van der Waals surface area contributed by atoms with Crippen LogP contribution in [0.15, 0.2) is 16.9 Å². The van der Waals surface area contributed by atoms with Crippen molar-refractivity contribution in [2.45, 2.75) is 53.9 Å². The molecule has 0 bridgehead atoms. The first-order valence-electron chi connectivity index (χ1n) is 7.83. The molecule has 0 radical (unpaired) electrons. The lowest BCUT2D eigenvalue weighted by molar-refractivity contribution is 0.160. The van der Waals surface area contributed by atoms with E-state index in [4.69, 9.17) is 10.8 Å². The molecule has 0 aliphatic rings. The molecule has 5 nitrogen and oxygen atoms in total. The Kier molecular flexibility index (Phi) is 9.06. The lowest BCUT2D eigenvalue weighted by atomic mass is 9.83. The van der Waals surface area contributed by atoms with Crippen molar-refractivity contribution in [2.75, 3.05) is 13.2 Å².